The lowest BCUT2D eigenvalue weighted by Crippen LogP contribution is -2.40. The second-order valence-corrected chi connectivity index (χ2v) is 5.97. The van der Waals surface area contributed by atoms with Gasteiger partial charge in [0.2, 0.25) is 0 Å². The number of rotatable bonds is 10. The first-order valence-electron chi connectivity index (χ1n) is 9.57. The SMILES string of the molecule is CCOc1ccc(C(C)NC(=NC)NCCOc2cccnc2)cc1OCC. The Bertz CT molecular complexity index is 738. The molecule has 0 radical (unpaired) electrons. The third-order valence-corrected chi connectivity index (χ3v) is 3.94. The lowest BCUT2D eigenvalue weighted by molar-refractivity contribution is 0.287. The van der Waals surface area contributed by atoms with E-state index in [-0.39, 0.29) is 6.04 Å². The average Bonchev–Trinajstić information content (AvgIpc) is 2.72. The molecule has 0 amide bonds. The minimum Gasteiger partial charge on any atom is -0.490 e. The molecule has 28 heavy (non-hydrogen) atoms. The molecule has 2 rings (SSSR count). The van der Waals surface area contributed by atoms with Gasteiger partial charge in [0.25, 0.3) is 0 Å². The lowest BCUT2D eigenvalue weighted by Gasteiger charge is -2.20. The summed E-state index contributed by atoms with van der Waals surface area (Å²) in [6.45, 7) is 8.32. The van der Waals surface area contributed by atoms with Gasteiger partial charge in [0, 0.05) is 13.2 Å². The summed E-state index contributed by atoms with van der Waals surface area (Å²) in [7, 11) is 1.74. The van der Waals surface area contributed by atoms with Gasteiger partial charge in [0.15, 0.2) is 17.5 Å². The summed E-state index contributed by atoms with van der Waals surface area (Å²) in [5.41, 5.74) is 1.08. The van der Waals surface area contributed by atoms with Crippen molar-refractivity contribution in [2.45, 2.75) is 26.8 Å². The highest BCUT2D eigenvalue weighted by molar-refractivity contribution is 5.80. The van der Waals surface area contributed by atoms with Crippen molar-refractivity contribution in [3.8, 4) is 17.2 Å². The number of hydrogen-bond acceptors (Lipinski definition) is 5. The zero-order chi connectivity index (χ0) is 20.2. The Morgan fingerprint density at radius 3 is 2.57 bits per heavy atom. The predicted octanol–water partition coefficient (Wildman–Crippen LogP) is 3.18. The van der Waals surface area contributed by atoms with E-state index in [1.807, 2.05) is 44.2 Å². The number of benzene rings is 1. The topological polar surface area (TPSA) is 77.0 Å². The molecule has 152 valence electrons. The molecule has 1 heterocycles. The Morgan fingerprint density at radius 2 is 1.89 bits per heavy atom. The van der Waals surface area contributed by atoms with Crippen molar-refractivity contribution in [1.82, 2.24) is 15.6 Å². The molecule has 0 bridgehead atoms. The number of guanidine groups is 1. The van der Waals surface area contributed by atoms with Crippen LogP contribution in [0.4, 0.5) is 0 Å². The molecule has 2 aromatic rings. The van der Waals surface area contributed by atoms with Crippen LogP contribution in [0, 0.1) is 0 Å². The number of hydrogen-bond donors (Lipinski definition) is 2. The van der Waals surface area contributed by atoms with Gasteiger partial charge in [-0.05, 0) is 50.6 Å². The van der Waals surface area contributed by atoms with E-state index in [9.17, 15) is 0 Å². The molecule has 1 aromatic heterocycles. The van der Waals surface area contributed by atoms with Gasteiger partial charge in [-0.2, -0.15) is 0 Å². The number of nitrogens with zero attached hydrogens (tertiary/aromatic N) is 2. The molecule has 2 N–H and O–H groups in total. The maximum Gasteiger partial charge on any atom is 0.191 e. The Hall–Kier alpha value is -2.96. The standard InChI is InChI=1S/C21H30N4O3/c1-5-26-19-10-9-17(14-20(19)27-6-2)16(3)25-21(22-4)24-12-13-28-18-8-7-11-23-15-18/h7-11,14-16H,5-6,12-13H2,1-4H3,(H2,22,24,25). The number of pyridine rings is 1. The van der Waals surface area contributed by atoms with E-state index >= 15 is 0 Å². The van der Waals surface area contributed by atoms with Crippen molar-refractivity contribution in [3.05, 3.63) is 48.3 Å². The van der Waals surface area contributed by atoms with E-state index in [4.69, 9.17) is 14.2 Å². The van der Waals surface area contributed by atoms with Crippen molar-refractivity contribution in [2.75, 3.05) is 33.4 Å². The van der Waals surface area contributed by atoms with Gasteiger partial charge in [-0.3, -0.25) is 9.98 Å². The van der Waals surface area contributed by atoms with Gasteiger partial charge in [0.05, 0.1) is 32.0 Å². The summed E-state index contributed by atoms with van der Waals surface area (Å²) in [4.78, 5) is 8.30. The molecule has 0 aliphatic carbocycles. The first-order valence-corrected chi connectivity index (χ1v) is 9.57. The molecule has 7 nitrogen and oxygen atoms in total. The van der Waals surface area contributed by atoms with E-state index in [1.54, 1.807) is 19.4 Å². The molecule has 7 heteroatoms. The zero-order valence-electron chi connectivity index (χ0n) is 17.1. The van der Waals surface area contributed by atoms with Crippen molar-refractivity contribution in [2.24, 2.45) is 4.99 Å². The lowest BCUT2D eigenvalue weighted by atomic mass is 10.1. The van der Waals surface area contributed by atoms with E-state index in [0.717, 1.165) is 22.8 Å². The zero-order valence-corrected chi connectivity index (χ0v) is 17.1. The maximum atomic E-state index is 5.71. The molecule has 0 spiro atoms. The monoisotopic (exact) mass is 386 g/mol. The van der Waals surface area contributed by atoms with Gasteiger partial charge >= 0.3 is 0 Å². The summed E-state index contributed by atoms with van der Waals surface area (Å²) in [6.07, 6.45) is 3.41. The van der Waals surface area contributed by atoms with Crippen LogP contribution in [0.1, 0.15) is 32.4 Å². The van der Waals surface area contributed by atoms with Crippen molar-refractivity contribution in [1.29, 1.82) is 0 Å². The number of ether oxygens (including phenoxy) is 3. The fraction of sp³-hybridized carbons (Fsp3) is 0.429. The van der Waals surface area contributed by atoms with E-state index in [1.165, 1.54) is 0 Å². The molecule has 0 saturated heterocycles. The fourth-order valence-electron chi connectivity index (χ4n) is 2.59. The van der Waals surface area contributed by atoms with Crippen LogP contribution in [-0.4, -0.2) is 44.4 Å². The number of aromatic nitrogens is 1. The average molecular weight is 386 g/mol. The van der Waals surface area contributed by atoms with Crippen LogP contribution < -0.4 is 24.8 Å². The molecule has 1 atom stereocenters. The molecule has 1 unspecified atom stereocenters. The normalized spacial score (nSPS) is 12.2. The number of aliphatic imine (C=N–C) groups is 1. The van der Waals surface area contributed by atoms with Gasteiger partial charge in [-0.15, -0.1) is 0 Å². The highest BCUT2D eigenvalue weighted by atomic mass is 16.5. The minimum atomic E-state index is 0.0420. The summed E-state index contributed by atoms with van der Waals surface area (Å²) < 4.78 is 17.0. The van der Waals surface area contributed by atoms with E-state index < -0.39 is 0 Å². The highest BCUT2D eigenvalue weighted by Gasteiger charge is 2.12. The summed E-state index contributed by atoms with van der Waals surface area (Å²) in [5.74, 6) is 2.96. The van der Waals surface area contributed by atoms with Crippen molar-refractivity contribution in [3.63, 3.8) is 0 Å². The van der Waals surface area contributed by atoms with Gasteiger partial charge < -0.3 is 24.8 Å². The van der Waals surface area contributed by atoms with Crippen LogP contribution in [-0.2, 0) is 0 Å². The van der Waals surface area contributed by atoms with E-state index in [0.29, 0.717) is 32.3 Å². The van der Waals surface area contributed by atoms with Crippen LogP contribution >= 0.6 is 0 Å². The molecular formula is C21H30N4O3. The van der Waals surface area contributed by atoms with Gasteiger partial charge in [-0.1, -0.05) is 6.07 Å². The predicted molar refractivity (Wildman–Crippen MR) is 111 cm³/mol. The van der Waals surface area contributed by atoms with Crippen LogP contribution in [0.15, 0.2) is 47.7 Å². The number of nitrogens with one attached hydrogen (secondary N) is 2. The second kappa shape index (κ2) is 11.7. The minimum absolute atomic E-state index is 0.0420. The quantitative estimate of drug-likeness (QED) is 0.371. The molecule has 0 aliphatic heterocycles. The Balaban J connectivity index is 1.88. The molecule has 0 fully saturated rings. The first-order chi connectivity index (χ1) is 13.7. The largest absolute Gasteiger partial charge is 0.490 e. The Kier molecular flexibility index (Phi) is 8.91. The van der Waals surface area contributed by atoms with Crippen molar-refractivity contribution >= 4 is 5.96 Å². The molecule has 0 aliphatic rings. The van der Waals surface area contributed by atoms with Crippen LogP contribution in [0.2, 0.25) is 0 Å². The van der Waals surface area contributed by atoms with E-state index in [2.05, 4.69) is 27.5 Å². The Labute approximate surface area is 167 Å². The van der Waals surface area contributed by atoms with Crippen LogP contribution in [0.25, 0.3) is 0 Å². The summed E-state index contributed by atoms with van der Waals surface area (Å²) in [6, 6.07) is 9.75. The molecular weight excluding hydrogens is 356 g/mol. The first kappa shape index (κ1) is 21.3. The third kappa shape index (κ3) is 6.64. The van der Waals surface area contributed by atoms with Gasteiger partial charge in [0.1, 0.15) is 12.4 Å². The maximum absolute atomic E-state index is 5.71. The molecule has 0 saturated carbocycles. The van der Waals surface area contributed by atoms with Gasteiger partial charge in [-0.25, -0.2) is 0 Å². The van der Waals surface area contributed by atoms with Crippen molar-refractivity contribution < 1.29 is 14.2 Å². The third-order valence-electron chi connectivity index (χ3n) is 3.94. The van der Waals surface area contributed by atoms with Crippen LogP contribution in [0.5, 0.6) is 17.2 Å². The Morgan fingerprint density at radius 1 is 1.11 bits per heavy atom. The highest BCUT2D eigenvalue weighted by Crippen LogP contribution is 2.30. The second-order valence-electron chi connectivity index (χ2n) is 5.97. The summed E-state index contributed by atoms with van der Waals surface area (Å²) >= 11 is 0. The summed E-state index contributed by atoms with van der Waals surface area (Å²) in [5, 5.41) is 6.63. The molecule has 1 aromatic carbocycles. The fourth-order valence-corrected chi connectivity index (χ4v) is 2.59. The smallest absolute Gasteiger partial charge is 0.191 e. The van der Waals surface area contributed by atoms with Crippen LogP contribution in [0.3, 0.4) is 0 Å².